The van der Waals surface area contributed by atoms with Crippen LogP contribution in [0.15, 0.2) is 28.8 Å². The van der Waals surface area contributed by atoms with Gasteiger partial charge in [0.05, 0.1) is 13.2 Å². The van der Waals surface area contributed by atoms with E-state index in [2.05, 4.69) is 22.1 Å². The third-order valence-electron chi connectivity index (χ3n) is 6.02. The average molecular weight is 370 g/mol. The van der Waals surface area contributed by atoms with Crippen LogP contribution in [0.25, 0.3) is 0 Å². The molecule has 0 bridgehead atoms. The predicted molar refractivity (Wildman–Crippen MR) is 99.6 cm³/mol. The molecule has 27 heavy (non-hydrogen) atoms. The summed E-state index contributed by atoms with van der Waals surface area (Å²) >= 11 is 0. The number of hydrogen-bond donors (Lipinski definition) is 0. The lowest BCUT2D eigenvalue weighted by Crippen LogP contribution is -2.44. The van der Waals surface area contributed by atoms with E-state index in [4.69, 9.17) is 9.26 Å². The van der Waals surface area contributed by atoms with Gasteiger partial charge < -0.3 is 14.2 Å². The average Bonchev–Trinajstić information content (AvgIpc) is 3.25. The molecule has 2 saturated heterocycles. The molecule has 7 heteroatoms. The molecular formula is C20H26N4O3. The molecule has 1 atom stereocenters. The van der Waals surface area contributed by atoms with Crippen molar-refractivity contribution in [3.63, 3.8) is 0 Å². The molecule has 1 aromatic heterocycles. The van der Waals surface area contributed by atoms with E-state index >= 15 is 0 Å². The molecule has 2 aromatic rings. The van der Waals surface area contributed by atoms with Crippen LogP contribution in [0, 0.1) is 12.3 Å². The van der Waals surface area contributed by atoms with Crippen LogP contribution in [-0.4, -0.2) is 59.6 Å². The van der Waals surface area contributed by atoms with Gasteiger partial charge >= 0.3 is 0 Å². The number of ether oxygens (including phenoxy) is 1. The van der Waals surface area contributed by atoms with Gasteiger partial charge in [-0.2, -0.15) is 4.98 Å². The molecule has 3 heterocycles. The Hall–Kier alpha value is -2.41. The summed E-state index contributed by atoms with van der Waals surface area (Å²) in [5.41, 5.74) is 0.938. The Morgan fingerprint density at radius 3 is 2.56 bits per heavy atom. The second kappa shape index (κ2) is 6.96. The summed E-state index contributed by atoms with van der Waals surface area (Å²) < 4.78 is 10.6. The number of aryl methyl sites for hydroxylation is 1. The first-order chi connectivity index (χ1) is 13.0. The van der Waals surface area contributed by atoms with E-state index in [1.807, 2.05) is 36.1 Å². The number of methoxy groups -OCH3 is 1. The number of benzene rings is 1. The van der Waals surface area contributed by atoms with Crippen molar-refractivity contribution < 1.29 is 14.1 Å². The second-order valence-corrected chi connectivity index (χ2v) is 7.84. The van der Waals surface area contributed by atoms with Crippen LogP contribution in [0.4, 0.5) is 0 Å². The summed E-state index contributed by atoms with van der Waals surface area (Å²) in [4.78, 5) is 21.5. The summed E-state index contributed by atoms with van der Waals surface area (Å²) in [7, 11) is 3.75. The van der Waals surface area contributed by atoms with Crippen LogP contribution in [0.2, 0.25) is 0 Å². The fourth-order valence-corrected chi connectivity index (χ4v) is 4.46. The fraction of sp³-hybridized carbons (Fsp3) is 0.550. The maximum Gasteiger partial charge on any atom is 0.253 e. The minimum Gasteiger partial charge on any atom is -0.497 e. The van der Waals surface area contributed by atoms with Crippen LogP contribution < -0.4 is 4.74 Å². The van der Waals surface area contributed by atoms with Gasteiger partial charge in [0.25, 0.3) is 5.91 Å². The van der Waals surface area contributed by atoms with Gasteiger partial charge in [0.15, 0.2) is 5.82 Å². The summed E-state index contributed by atoms with van der Waals surface area (Å²) in [5, 5.41) is 3.94. The number of likely N-dealkylation sites (tertiary alicyclic amines) is 2. The highest BCUT2D eigenvalue weighted by Crippen LogP contribution is 2.48. The minimum absolute atomic E-state index is 0.0999. The Balaban J connectivity index is 1.40. The molecule has 144 valence electrons. The van der Waals surface area contributed by atoms with E-state index in [9.17, 15) is 4.79 Å². The van der Waals surface area contributed by atoms with Crippen molar-refractivity contribution >= 4 is 5.91 Å². The lowest BCUT2D eigenvalue weighted by Gasteiger charge is -2.39. The molecule has 2 aliphatic heterocycles. The molecule has 0 radical (unpaired) electrons. The van der Waals surface area contributed by atoms with E-state index < -0.39 is 0 Å². The van der Waals surface area contributed by atoms with E-state index in [0.717, 1.165) is 50.2 Å². The first kappa shape index (κ1) is 18.0. The highest BCUT2D eigenvalue weighted by Gasteiger charge is 2.46. The lowest BCUT2D eigenvalue weighted by molar-refractivity contribution is 0.0593. The van der Waals surface area contributed by atoms with Gasteiger partial charge in [0, 0.05) is 25.2 Å². The monoisotopic (exact) mass is 370 g/mol. The number of nitrogens with zero attached hydrogens (tertiary/aromatic N) is 4. The van der Waals surface area contributed by atoms with Gasteiger partial charge in [0.2, 0.25) is 5.89 Å². The van der Waals surface area contributed by atoms with Gasteiger partial charge in [-0.25, -0.2) is 0 Å². The van der Waals surface area contributed by atoms with E-state index in [1.165, 1.54) is 0 Å². The highest BCUT2D eigenvalue weighted by atomic mass is 16.5. The molecule has 7 nitrogen and oxygen atoms in total. The molecule has 1 amide bonds. The van der Waals surface area contributed by atoms with Gasteiger partial charge in [-0.15, -0.1) is 0 Å². The van der Waals surface area contributed by atoms with Crippen molar-refractivity contribution in [2.45, 2.75) is 32.2 Å². The van der Waals surface area contributed by atoms with Crippen molar-refractivity contribution in [3.8, 4) is 5.75 Å². The van der Waals surface area contributed by atoms with Crippen LogP contribution in [0.1, 0.15) is 47.4 Å². The smallest absolute Gasteiger partial charge is 0.253 e. The van der Waals surface area contributed by atoms with Gasteiger partial charge in [-0.05, 0) is 62.9 Å². The first-order valence-corrected chi connectivity index (χ1v) is 9.43. The van der Waals surface area contributed by atoms with Gasteiger partial charge in [-0.1, -0.05) is 5.16 Å². The highest BCUT2D eigenvalue weighted by molar-refractivity contribution is 5.94. The van der Waals surface area contributed by atoms with Crippen molar-refractivity contribution in [1.82, 2.24) is 19.9 Å². The Bertz CT molecular complexity index is 809. The number of carbonyl (C=O) groups is 1. The number of aromatic nitrogens is 2. The van der Waals surface area contributed by atoms with Crippen molar-refractivity contribution in [2.24, 2.45) is 5.41 Å². The van der Waals surface area contributed by atoms with Gasteiger partial charge in [-0.3, -0.25) is 9.69 Å². The van der Waals surface area contributed by atoms with Crippen molar-refractivity contribution in [3.05, 3.63) is 41.5 Å². The third-order valence-corrected chi connectivity index (χ3v) is 6.02. The number of piperidine rings is 1. The van der Waals surface area contributed by atoms with E-state index in [0.29, 0.717) is 11.7 Å². The summed E-state index contributed by atoms with van der Waals surface area (Å²) in [6.45, 7) is 4.42. The Labute approximate surface area is 159 Å². The van der Waals surface area contributed by atoms with E-state index in [1.54, 1.807) is 7.11 Å². The fourth-order valence-electron chi connectivity index (χ4n) is 4.46. The van der Waals surface area contributed by atoms with Crippen molar-refractivity contribution in [1.29, 1.82) is 0 Å². The quantitative estimate of drug-likeness (QED) is 0.827. The van der Waals surface area contributed by atoms with Crippen LogP contribution in [-0.2, 0) is 0 Å². The number of carbonyl (C=O) groups excluding carboxylic acids is 1. The summed E-state index contributed by atoms with van der Waals surface area (Å²) in [6.07, 6.45) is 3.02. The lowest BCUT2D eigenvalue weighted by atomic mass is 9.76. The largest absolute Gasteiger partial charge is 0.497 e. The SMILES string of the molecule is COc1ccc(C(=O)N2CCC3(CC2)CC(c2nc(C)no2)N(C)C3)cc1. The van der Waals surface area contributed by atoms with Crippen molar-refractivity contribution in [2.75, 3.05) is 33.8 Å². The third kappa shape index (κ3) is 3.43. The maximum atomic E-state index is 12.8. The molecular weight excluding hydrogens is 344 g/mol. The molecule has 1 unspecified atom stereocenters. The molecule has 0 N–H and O–H groups in total. The molecule has 2 fully saturated rings. The number of amides is 1. The zero-order valence-corrected chi connectivity index (χ0v) is 16.1. The standard InChI is InChI=1S/C20H26N4O3/c1-14-21-18(27-22-14)17-12-20(13-23(17)2)8-10-24(11-9-20)19(25)15-4-6-16(26-3)7-5-15/h4-7,17H,8-13H2,1-3H3. The zero-order chi connectivity index (χ0) is 19.0. The Morgan fingerprint density at radius 2 is 1.96 bits per heavy atom. The minimum atomic E-state index is 0.0999. The Kier molecular flexibility index (Phi) is 4.63. The normalized spacial score (nSPS) is 22.3. The zero-order valence-electron chi connectivity index (χ0n) is 16.1. The summed E-state index contributed by atoms with van der Waals surface area (Å²) in [5.74, 6) is 2.26. The number of hydrogen-bond acceptors (Lipinski definition) is 6. The molecule has 0 aliphatic carbocycles. The molecule has 4 rings (SSSR count). The molecule has 1 aromatic carbocycles. The van der Waals surface area contributed by atoms with Gasteiger partial charge in [0.1, 0.15) is 5.75 Å². The van der Waals surface area contributed by atoms with Crippen LogP contribution >= 0.6 is 0 Å². The first-order valence-electron chi connectivity index (χ1n) is 9.43. The topological polar surface area (TPSA) is 71.7 Å². The van der Waals surface area contributed by atoms with Crippen LogP contribution in [0.3, 0.4) is 0 Å². The molecule has 0 saturated carbocycles. The molecule has 2 aliphatic rings. The summed E-state index contributed by atoms with van der Waals surface area (Å²) in [6, 6.07) is 7.52. The maximum absolute atomic E-state index is 12.8. The number of rotatable bonds is 3. The molecule has 1 spiro atoms. The Morgan fingerprint density at radius 1 is 1.26 bits per heavy atom. The van der Waals surface area contributed by atoms with E-state index in [-0.39, 0.29) is 17.4 Å². The van der Waals surface area contributed by atoms with Crippen LogP contribution in [0.5, 0.6) is 5.75 Å². The predicted octanol–water partition coefficient (Wildman–Crippen LogP) is 2.69. The second-order valence-electron chi connectivity index (χ2n) is 7.84.